The van der Waals surface area contributed by atoms with Crippen molar-refractivity contribution in [3.8, 4) is 0 Å². The van der Waals surface area contributed by atoms with Crippen LogP contribution in [0.1, 0.15) is 37.7 Å². The first-order valence-corrected chi connectivity index (χ1v) is 8.08. The SMILES string of the molecule is OCC1(CNCc2cc(Cl)ccc2Br)CCCCC1. The molecule has 0 aromatic heterocycles. The van der Waals surface area contributed by atoms with Crippen molar-refractivity contribution in [3.05, 3.63) is 33.3 Å². The number of aliphatic hydroxyl groups excluding tert-OH is 1. The molecule has 1 aromatic rings. The summed E-state index contributed by atoms with van der Waals surface area (Å²) in [5, 5.41) is 13.9. The van der Waals surface area contributed by atoms with E-state index in [1.54, 1.807) is 0 Å². The first-order chi connectivity index (χ1) is 9.15. The number of rotatable bonds is 5. The van der Waals surface area contributed by atoms with Crippen LogP contribution in [0.5, 0.6) is 0 Å². The van der Waals surface area contributed by atoms with E-state index < -0.39 is 0 Å². The lowest BCUT2D eigenvalue weighted by molar-refractivity contribution is 0.0810. The van der Waals surface area contributed by atoms with Gasteiger partial charge in [-0.15, -0.1) is 0 Å². The molecule has 0 saturated heterocycles. The van der Waals surface area contributed by atoms with E-state index >= 15 is 0 Å². The van der Waals surface area contributed by atoms with Crippen molar-refractivity contribution >= 4 is 27.5 Å². The fraction of sp³-hybridized carbons (Fsp3) is 0.600. The summed E-state index contributed by atoms with van der Waals surface area (Å²) in [5.74, 6) is 0. The highest BCUT2D eigenvalue weighted by Gasteiger charge is 2.30. The molecule has 106 valence electrons. The average Bonchev–Trinajstić information content (AvgIpc) is 2.44. The predicted molar refractivity (Wildman–Crippen MR) is 83.5 cm³/mol. The molecule has 0 bridgehead atoms. The maximum Gasteiger partial charge on any atom is 0.0499 e. The zero-order chi connectivity index (χ0) is 13.7. The van der Waals surface area contributed by atoms with Gasteiger partial charge in [0.2, 0.25) is 0 Å². The van der Waals surface area contributed by atoms with Crippen molar-refractivity contribution in [2.75, 3.05) is 13.2 Å². The molecule has 1 saturated carbocycles. The van der Waals surface area contributed by atoms with Crippen molar-refractivity contribution in [3.63, 3.8) is 0 Å². The van der Waals surface area contributed by atoms with Crippen molar-refractivity contribution in [1.29, 1.82) is 0 Å². The van der Waals surface area contributed by atoms with Crippen LogP contribution >= 0.6 is 27.5 Å². The fourth-order valence-corrected chi connectivity index (χ4v) is 3.42. The minimum atomic E-state index is 0.0866. The molecule has 0 amide bonds. The van der Waals surface area contributed by atoms with Gasteiger partial charge in [-0.3, -0.25) is 0 Å². The van der Waals surface area contributed by atoms with Crippen LogP contribution in [0, 0.1) is 5.41 Å². The second-order valence-electron chi connectivity index (χ2n) is 5.56. The van der Waals surface area contributed by atoms with E-state index in [2.05, 4.69) is 21.2 Å². The van der Waals surface area contributed by atoms with Gasteiger partial charge in [0.05, 0.1) is 0 Å². The molecule has 0 atom stereocenters. The van der Waals surface area contributed by atoms with E-state index in [1.807, 2.05) is 18.2 Å². The lowest BCUT2D eigenvalue weighted by atomic mass is 9.74. The third-order valence-electron chi connectivity index (χ3n) is 4.07. The molecule has 4 heteroatoms. The van der Waals surface area contributed by atoms with Gasteiger partial charge in [0.25, 0.3) is 0 Å². The number of nitrogens with one attached hydrogen (secondary N) is 1. The number of aliphatic hydroxyl groups is 1. The van der Waals surface area contributed by atoms with Crippen LogP contribution in [0.15, 0.2) is 22.7 Å². The van der Waals surface area contributed by atoms with E-state index in [1.165, 1.54) is 19.3 Å². The van der Waals surface area contributed by atoms with E-state index in [0.29, 0.717) is 0 Å². The van der Waals surface area contributed by atoms with Gasteiger partial charge in [0.1, 0.15) is 0 Å². The minimum absolute atomic E-state index is 0.0866. The molecule has 2 N–H and O–H groups in total. The molecule has 2 rings (SSSR count). The molecule has 1 aromatic carbocycles. The van der Waals surface area contributed by atoms with Crippen LogP contribution in [0.2, 0.25) is 5.02 Å². The van der Waals surface area contributed by atoms with Crippen LogP contribution in [-0.4, -0.2) is 18.3 Å². The van der Waals surface area contributed by atoms with Gasteiger partial charge < -0.3 is 10.4 Å². The maximum absolute atomic E-state index is 9.67. The zero-order valence-electron chi connectivity index (χ0n) is 11.1. The normalized spacial score (nSPS) is 18.5. The molecule has 1 aliphatic carbocycles. The summed E-state index contributed by atoms with van der Waals surface area (Å²) < 4.78 is 1.08. The number of hydrogen-bond donors (Lipinski definition) is 2. The predicted octanol–water partition coefficient (Wildman–Crippen LogP) is 4.13. The van der Waals surface area contributed by atoms with Gasteiger partial charge in [-0.2, -0.15) is 0 Å². The number of halogens is 2. The van der Waals surface area contributed by atoms with E-state index in [0.717, 1.165) is 41.0 Å². The van der Waals surface area contributed by atoms with Gasteiger partial charge in [-0.25, -0.2) is 0 Å². The highest BCUT2D eigenvalue weighted by molar-refractivity contribution is 9.10. The molecular weight excluding hydrogens is 326 g/mol. The van der Waals surface area contributed by atoms with E-state index in [-0.39, 0.29) is 12.0 Å². The van der Waals surface area contributed by atoms with Crippen LogP contribution in [0.3, 0.4) is 0 Å². The Morgan fingerprint density at radius 2 is 2.00 bits per heavy atom. The molecule has 0 spiro atoms. The molecule has 0 heterocycles. The van der Waals surface area contributed by atoms with Crippen LogP contribution < -0.4 is 5.32 Å². The summed E-state index contributed by atoms with van der Waals surface area (Å²) in [6.45, 7) is 1.95. The van der Waals surface area contributed by atoms with Crippen molar-refractivity contribution in [2.24, 2.45) is 5.41 Å². The Bertz CT molecular complexity index is 419. The second kappa shape index (κ2) is 7.07. The van der Waals surface area contributed by atoms with Crippen molar-refractivity contribution in [2.45, 2.75) is 38.6 Å². The van der Waals surface area contributed by atoms with Crippen LogP contribution in [0.25, 0.3) is 0 Å². The first-order valence-electron chi connectivity index (χ1n) is 6.91. The molecule has 0 radical (unpaired) electrons. The molecule has 1 aliphatic rings. The van der Waals surface area contributed by atoms with Gasteiger partial charge in [0.15, 0.2) is 0 Å². The third kappa shape index (κ3) is 4.19. The summed E-state index contributed by atoms with van der Waals surface area (Å²) >= 11 is 9.55. The molecular formula is C15H21BrClNO. The topological polar surface area (TPSA) is 32.3 Å². The van der Waals surface area contributed by atoms with Gasteiger partial charge >= 0.3 is 0 Å². The van der Waals surface area contributed by atoms with Crippen LogP contribution in [0.4, 0.5) is 0 Å². The molecule has 1 fully saturated rings. The first kappa shape index (κ1) is 15.3. The summed E-state index contributed by atoms with van der Waals surface area (Å²) in [6, 6.07) is 5.83. The molecule has 19 heavy (non-hydrogen) atoms. The highest BCUT2D eigenvalue weighted by atomic mass is 79.9. The zero-order valence-corrected chi connectivity index (χ0v) is 13.4. The average molecular weight is 347 g/mol. The summed E-state index contributed by atoms with van der Waals surface area (Å²) in [4.78, 5) is 0. The molecule has 0 unspecified atom stereocenters. The number of benzene rings is 1. The smallest absolute Gasteiger partial charge is 0.0499 e. The molecule has 0 aliphatic heterocycles. The maximum atomic E-state index is 9.67. The Hall–Kier alpha value is -0.0900. The van der Waals surface area contributed by atoms with E-state index in [4.69, 9.17) is 11.6 Å². The second-order valence-corrected chi connectivity index (χ2v) is 6.85. The number of hydrogen-bond acceptors (Lipinski definition) is 2. The Labute approximate surface area is 128 Å². The van der Waals surface area contributed by atoms with Crippen molar-refractivity contribution < 1.29 is 5.11 Å². The molecule has 2 nitrogen and oxygen atoms in total. The lowest BCUT2D eigenvalue weighted by Crippen LogP contribution is -2.38. The lowest BCUT2D eigenvalue weighted by Gasteiger charge is -2.35. The summed E-state index contributed by atoms with van der Waals surface area (Å²) in [5.41, 5.74) is 1.25. The largest absolute Gasteiger partial charge is 0.396 e. The standard InChI is InChI=1S/C15H21BrClNO/c16-14-5-4-13(17)8-12(14)9-18-10-15(11-19)6-2-1-3-7-15/h4-5,8,18-19H,1-3,6-7,9-11H2. The van der Waals surface area contributed by atoms with Crippen molar-refractivity contribution in [1.82, 2.24) is 5.32 Å². The Morgan fingerprint density at radius 3 is 2.68 bits per heavy atom. The third-order valence-corrected chi connectivity index (χ3v) is 5.08. The monoisotopic (exact) mass is 345 g/mol. The quantitative estimate of drug-likeness (QED) is 0.840. The fourth-order valence-electron chi connectivity index (χ4n) is 2.83. The van der Waals surface area contributed by atoms with E-state index in [9.17, 15) is 5.11 Å². The van der Waals surface area contributed by atoms with Gasteiger partial charge in [-0.05, 0) is 36.6 Å². The minimum Gasteiger partial charge on any atom is -0.396 e. The Balaban J connectivity index is 1.90. The summed E-state index contributed by atoms with van der Waals surface area (Å²) in [7, 11) is 0. The van der Waals surface area contributed by atoms with Crippen LogP contribution in [-0.2, 0) is 6.54 Å². The highest BCUT2D eigenvalue weighted by Crippen LogP contribution is 2.35. The summed E-state index contributed by atoms with van der Waals surface area (Å²) in [6.07, 6.45) is 6.05. The van der Waals surface area contributed by atoms with Gasteiger partial charge in [-0.1, -0.05) is 46.8 Å². The Kier molecular flexibility index (Phi) is 5.70. The Morgan fingerprint density at radius 1 is 1.26 bits per heavy atom. The van der Waals surface area contributed by atoms with Gasteiger partial charge in [0, 0.05) is 34.6 Å².